The van der Waals surface area contributed by atoms with Gasteiger partial charge in [-0.3, -0.25) is 4.79 Å². The maximum absolute atomic E-state index is 12.9. The van der Waals surface area contributed by atoms with E-state index in [2.05, 4.69) is 5.32 Å². The molecule has 174 valence electrons. The first-order valence-electron chi connectivity index (χ1n) is 9.62. The predicted molar refractivity (Wildman–Crippen MR) is 116 cm³/mol. The Hall–Kier alpha value is -3.70. The third kappa shape index (κ3) is 6.40. The van der Waals surface area contributed by atoms with Crippen LogP contribution in [-0.4, -0.2) is 45.3 Å². The van der Waals surface area contributed by atoms with Crippen molar-refractivity contribution in [3.05, 3.63) is 78.0 Å². The third-order valence-electron chi connectivity index (χ3n) is 4.29. The molecule has 0 fully saturated rings. The summed E-state index contributed by atoms with van der Waals surface area (Å²) in [6.07, 6.45) is 0. The predicted octanol–water partition coefficient (Wildman–Crippen LogP) is 3.04. The second kappa shape index (κ2) is 10.3. The maximum atomic E-state index is 12.9. The molecular weight excluding hydrogens is 455 g/mol. The largest absolute Gasteiger partial charge is 0.486 e. The van der Waals surface area contributed by atoms with E-state index in [1.165, 1.54) is 74.8 Å². The van der Waals surface area contributed by atoms with Crippen LogP contribution in [0.25, 0.3) is 0 Å². The first-order chi connectivity index (χ1) is 15.6. The van der Waals surface area contributed by atoms with Gasteiger partial charge in [0.2, 0.25) is 15.8 Å². The van der Waals surface area contributed by atoms with Gasteiger partial charge in [-0.05, 0) is 54.6 Å². The molecule has 1 heterocycles. The lowest BCUT2D eigenvalue weighted by Crippen LogP contribution is -2.23. The van der Waals surface area contributed by atoms with Crippen molar-refractivity contribution in [1.29, 1.82) is 0 Å². The number of anilines is 1. The lowest BCUT2D eigenvalue weighted by atomic mass is 10.3. The van der Waals surface area contributed by atoms with Crippen LogP contribution < -0.4 is 10.1 Å². The third-order valence-corrected chi connectivity index (χ3v) is 6.10. The average Bonchev–Trinajstić information content (AvgIpc) is 3.26. The van der Waals surface area contributed by atoms with Crippen molar-refractivity contribution in [1.82, 2.24) is 4.31 Å². The van der Waals surface area contributed by atoms with E-state index >= 15 is 0 Å². The molecule has 2 aromatic carbocycles. The molecule has 0 bridgehead atoms. The minimum absolute atomic E-state index is 0.00555. The first kappa shape index (κ1) is 24.0. The average molecular weight is 476 g/mol. The highest BCUT2D eigenvalue weighted by Gasteiger charge is 2.18. The molecule has 3 rings (SSSR count). The van der Waals surface area contributed by atoms with Crippen LogP contribution in [0.2, 0.25) is 0 Å². The van der Waals surface area contributed by atoms with Crippen LogP contribution in [0.5, 0.6) is 5.75 Å². The summed E-state index contributed by atoms with van der Waals surface area (Å²) in [5, 5.41) is 2.47. The molecular formula is C22H21FN2O7S. The summed E-state index contributed by atoms with van der Waals surface area (Å²) in [6.45, 7) is -0.600. The number of benzene rings is 2. The quantitative estimate of drug-likeness (QED) is 0.472. The molecule has 0 saturated heterocycles. The van der Waals surface area contributed by atoms with Crippen molar-refractivity contribution in [2.75, 3.05) is 26.0 Å². The van der Waals surface area contributed by atoms with Crippen LogP contribution in [0.15, 0.2) is 70.0 Å². The summed E-state index contributed by atoms with van der Waals surface area (Å²) in [7, 11) is -0.866. The van der Waals surface area contributed by atoms with E-state index in [0.717, 1.165) is 4.31 Å². The summed E-state index contributed by atoms with van der Waals surface area (Å²) in [4.78, 5) is 24.2. The Morgan fingerprint density at radius 2 is 1.79 bits per heavy atom. The number of halogens is 1. The molecule has 0 aliphatic rings. The minimum Gasteiger partial charge on any atom is -0.486 e. The molecule has 0 spiro atoms. The number of furan rings is 1. The Morgan fingerprint density at radius 3 is 2.48 bits per heavy atom. The van der Waals surface area contributed by atoms with Crippen molar-refractivity contribution in [3.63, 3.8) is 0 Å². The van der Waals surface area contributed by atoms with Crippen LogP contribution >= 0.6 is 0 Å². The number of rotatable bonds is 9. The highest BCUT2D eigenvalue weighted by molar-refractivity contribution is 7.89. The van der Waals surface area contributed by atoms with Gasteiger partial charge in [0.05, 0.1) is 4.90 Å². The Bertz CT molecular complexity index is 1240. The number of carbonyl (C=O) groups excluding carboxylic acids is 2. The number of nitrogens with one attached hydrogen (secondary N) is 1. The second-order valence-corrected chi connectivity index (χ2v) is 9.10. The highest BCUT2D eigenvalue weighted by atomic mass is 32.2. The number of sulfonamides is 1. The zero-order chi connectivity index (χ0) is 24.0. The number of esters is 1. The van der Waals surface area contributed by atoms with Crippen molar-refractivity contribution in [2.45, 2.75) is 11.5 Å². The van der Waals surface area contributed by atoms with Gasteiger partial charge >= 0.3 is 5.97 Å². The number of ether oxygens (including phenoxy) is 2. The van der Waals surface area contributed by atoms with Crippen molar-refractivity contribution in [3.8, 4) is 5.75 Å². The number of amides is 1. The summed E-state index contributed by atoms with van der Waals surface area (Å²) >= 11 is 0. The van der Waals surface area contributed by atoms with Gasteiger partial charge < -0.3 is 19.2 Å². The number of nitrogens with zero attached hydrogens (tertiary/aromatic N) is 1. The lowest BCUT2D eigenvalue weighted by Gasteiger charge is -2.12. The SMILES string of the molecule is CN(C)S(=O)(=O)c1cccc(NC(=O)COC(=O)c2ccc(COc3ccc(F)cc3)o2)c1. The van der Waals surface area contributed by atoms with E-state index < -0.39 is 28.5 Å². The lowest BCUT2D eigenvalue weighted by molar-refractivity contribution is -0.119. The van der Waals surface area contributed by atoms with Crippen LogP contribution in [0.3, 0.4) is 0 Å². The van der Waals surface area contributed by atoms with E-state index in [1.54, 1.807) is 0 Å². The summed E-state index contributed by atoms with van der Waals surface area (Å²) in [5.74, 6) is -1.28. The monoisotopic (exact) mass is 476 g/mol. The molecule has 0 aliphatic heterocycles. The van der Waals surface area contributed by atoms with Crippen LogP contribution in [0.1, 0.15) is 16.3 Å². The smallest absolute Gasteiger partial charge is 0.374 e. The number of hydrogen-bond acceptors (Lipinski definition) is 7. The number of hydrogen-bond donors (Lipinski definition) is 1. The molecule has 0 radical (unpaired) electrons. The van der Waals surface area contributed by atoms with Gasteiger partial charge in [0.25, 0.3) is 5.91 Å². The van der Waals surface area contributed by atoms with Gasteiger partial charge in [-0.2, -0.15) is 0 Å². The highest BCUT2D eigenvalue weighted by Crippen LogP contribution is 2.18. The minimum atomic E-state index is -3.66. The normalized spacial score (nSPS) is 11.3. The zero-order valence-electron chi connectivity index (χ0n) is 17.8. The van der Waals surface area contributed by atoms with Gasteiger partial charge in [-0.15, -0.1) is 0 Å². The second-order valence-electron chi connectivity index (χ2n) is 6.95. The van der Waals surface area contributed by atoms with Crippen molar-refractivity contribution >= 4 is 27.6 Å². The number of carbonyl (C=O) groups is 2. The fraction of sp³-hybridized carbons (Fsp3) is 0.182. The van der Waals surface area contributed by atoms with Gasteiger partial charge in [-0.1, -0.05) is 6.07 Å². The van der Waals surface area contributed by atoms with Crippen molar-refractivity contribution < 1.29 is 36.3 Å². The maximum Gasteiger partial charge on any atom is 0.374 e. The van der Waals surface area contributed by atoms with E-state index in [9.17, 15) is 22.4 Å². The first-order valence-corrected chi connectivity index (χ1v) is 11.1. The van der Waals surface area contributed by atoms with Gasteiger partial charge in [0.1, 0.15) is 23.9 Å². The topological polar surface area (TPSA) is 115 Å². The van der Waals surface area contributed by atoms with Gasteiger partial charge in [0, 0.05) is 19.8 Å². The molecule has 9 nitrogen and oxygen atoms in total. The molecule has 3 aromatic rings. The molecule has 0 saturated carbocycles. The molecule has 0 atom stereocenters. The van der Waals surface area contributed by atoms with E-state index in [4.69, 9.17) is 13.9 Å². The summed E-state index contributed by atoms with van der Waals surface area (Å²) in [5.41, 5.74) is 0.234. The van der Waals surface area contributed by atoms with E-state index in [1.807, 2.05) is 0 Å². The molecule has 33 heavy (non-hydrogen) atoms. The Labute approximate surface area is 189 Å². The Kier molecular flexibility index (Phi) is 7.46. The Balaban J connectivity index is 1.51. The Morgan fingerprint density at radius 1 is 1.06 bits per heavy atom. The summed E-state index contributed by atoms with van der Waals surface area (Å²) < 4.78 is 54.1. The van der Waals surface area contributed by atoms with Crippen molar-refractivity contribution in [2.24, 2.45) is 0 Å². The van der Waals surface area contributed by atoms with Crippen LogP contribution in [-0.2, 0) is 26.2 Å². The fourth-order valence-corrected chi connectivity index (χ4v) is 3.54. The fourth-order valence-electron chi connectivity index (χ4n) is 2.59. The summed E-state index contributed by atoms with van der Waals surface area (Å²) in [6, 6.07) is 14.0. The van der Waals surface area contributed by atoms with E-state index in [0.29, 0.717) is 11.5 Å². The van der Waals surface area contributed by atoms with Gasteiger partial charge in [0.15, 0.2) is 6.61 Å². The molecule has 11 heteroatoms. The van der Waals surface area contributed by atoms with Crippen LogP contribution in [0.4, 0.5) is 10.1 Å². The molecule has 0 unspecified atom stereocenters. The van der Waals surface area contributed by atoms with E-state index in [-0.39, 0.29) is 28.8 Å². The van der Waals surface area contributed by atoms with Gasteiger partial charge in [-0.25, -0.2) is 21.9 Å². The standard InChI is InChI=1S/C22H21FN2O7S/c1-25(2)33(28,29)19-5-3-4-16(12-19)24-21(26)14-31-22(27)20-11-10-18(32-20)13-30-17-8-6-15(23)7-9-17/h3-12H,13-14H2,1-2H3,(H,24,26). The molecule has 1 N–H and O–H groups in total. The van der Waals surface area contributed by atoms with Crippen LogP contribution in [0, 0.1) is 5.82 Å². The molecule has 0 aliphatic carbocycles. The molecule has 1 amide bonds. The molecule has 1 aromatic heterocycles. The zero-order valence-corrected chi connectivity index (χ0v) is 18.6.